The Labute approximate surface area is 105 Å². The molecule has 0 bridgehead atoms. The van der Waals surface area contributed by atoms with E-state index in [1.165, 1.54) is 30.6 Å². The molecule has 2 rings (SSSR count). The Balaban J connectivity index is 2.00. The van der Waals surface area contributed by atoms with E-state index in [4.69, 9.17) is 0 Å². The fraction of sp³-hybridized carbons (Fsp3) is 0.600. The topological polar surface area (TPSA) is 15.3 Å². The van der Waals surface area contributed by atoms with E-state index < -0.39 is 0 Å². The minimum atomic E-state index is 0.415. The molecule has 2 heteroatoms. The van der Waals surface area contributed by atoms with Crippen molar-refractivity contribution < 1.29 is 0 Å². The number of rotatable bonds is 3. The lowest BCUT2D eigenvalue weighted by molar-refractivity contribution is 0.243. The van der Waals surface area contributed by atoms with Crippen molar-refractivity contribution in [3.8, 4) is 0 Å². The summed E-state index contributed by atoms with van der Waals surface area (Å²) in [6, 6.07) is 8.81. The summed E-state index contributed by atoms with van der Waals surface area (Å²) in [6.07, 6.45) is 2.63. The molecule has 1 fully saturated rings. The summed E-state index contributed by atoms with van der Waals surface area (Å²) in [5, 5.41) is 3.51. The Bertz CT molecular complexity index is 350. The number of nitrogens with one attached hydrogen (secondary N) is 1. The van der Waals surface area contributed by atoms with Gasteiger partial charge in [0.05, 0.1) is 0 Å². The maximum absolute atomic E-state index is 3.51. The van der Waals surface area contributed by atoms with E-state index >= 15 is 0 Å². The molecule has 94 valence electrons. The van der Waals surface area contributed by atoms with Gasteiger partial charge in [0.2, 0.25) is 0 Å². The third kappa shape index (κ3) is 3.22. The van der Waals surface area contributed by atoms with Gasteiger partial charge in [-0.1, -0.05) is 24.6 Å². The van der Waals surface area contributed by atoms with Crippen molar-refractivity contribution in [3.05, 3.63) is 29.8 Å². The number of hydrogen-bond donors (Lipinski definition) is 1. The highest BCUT2D eigenvalue weighted by molar-refractivity contribution is 5.46. The first kappa shape index (κ1) is 12.4. The van der Waals surface area contributed by atoms with Crippen LogP contribution in [0.3, 0.4) is 0 Å². The lowest BCUT2D eigenvalue weighted by Crippen LogP contribution is -2.44. The molecule has 0 amide bonds. The highest BCUT2D eigenvalue weighted by atomic mass is 15.1. The first-order valence-electron chi connectivity index (χ1n) is 6.58. The van der Waals surface area contributed by atoms with Gasteiger partial charge in [-0.05, 0) is 43.9 Å². The zero-order valence-electron chi connectivity index (χ0n) is 11.3. The number of hydrogen-bond acceptors (Lipinski definition) is 2. The van der Waals surface area contributed by atoms with Gasteiger partial charge in [0.25, 0.3) is 0 Å². The van der Waals surface area contributed by atoms with Crippen LogP contribution in [0.4, 0.5) is 5.69 Å². The highest BCUT2D eigenvalue weighted by Gasteiger charge is 2.28. The molecule has 1 aromatic rings. The van der Waals surface area contributed by atoms with E-state index in [0.29, 0.717) is 5.41 Å². The number of anilines is 1. The van der Waals surface area contributed by atoms with Crippen LogP contribution in [0, 0.1) is 12.3 Å². The number of piperidine rings is 1. The lowest BCUT2D eigenvalue weighted by Gasteiger charge is -2.38. The van der Waals surface area contributed by atoms with E-state index in [2.05, 4.69) is 55.4 Å². The van der Waals surface area contributed by atoms with Crippen LogP contribution in [0.15, 0.2) is 24.3 Å². The third-order valence-electron chi connectivity index (χ3n) is 3.78. The third-order valence-corrected chi connectivity index (χ3v) is 3.78. The molecule has 0 radical (unpaired) electrons. The Morgan fingerprint density at radius 2 is 2.00 bits per heavy atom. The molecule has 0 aliphatic carbocycles. The van der Waals surface area contributed by atoms with Gasteiger partial charge in [-0.2, -0.15) is 0 Å². The first-order valence-corrected chi connectivity index (χ1v) is 6.58. The summed E-state index contributed by atoms with van der Waals surface area (Å²) >= 11 is 0. The SMILES string of the molecule is Cc1ccc(N(C)CC2(C)CCCNC2)cc1. The Morgan fingerprint density at radius 1 is 1.29 bits per heavy atom. The van der Waals surface area contributed by atoms with Crippen molar-refractivity contribution in [1.82, 2.24) is 5.32 Å². The summed E-state index contributed by atoms with van der Waals surface area (Å²) < 4.78 is 0. The number of benzene rings is 1. The summed E-state index contributed by atoms with van der Waals surface area (Å²) in [5.41, 5.74) is 3.06. The summed E-state index contributed by atoms with van der Waals surface area (Å²) in [7, 11) is 2.20. The largest absolute Gasteiger partial charge is 0.374 e. The fourth-order valence-corrected chi connectivity index (χ4v) is 2.72. The normalized spacial score (nSPS) is 24.6. The smallest absolute Gasteiger partial charge is 0.0363 e. The van der Waals surface area contributed by atoms with Gasteiger partial charge in [0.15, 0.2) is 0 Å². The van der Waals surface area contributed by atoms with Crippen LogP contribution in [-0.4, -0.2) is 26.7 Å². The Kier molecular flexibility index (Phi) is 3.72. The van der Waals surface area contributed by atoms with E-state index in [0.717, 1.165) is 13.1 Å². The zero-order chi connectivity index (χ0) is 12.3. The quantitative estimate of drug-likeness (QED) is 0.862. The first-order chi connectivity index (χ1) is 8.09. The maximum atomic E-state index is 3.51. The summed E-state index contributed by atoms with van der Waals surface area (Å²) in [6.45, 7) is 7.98. The van der Waals surface area contributed by atoms with E-state index in [9.17, 15) is 0 Å². The van der Waals surface area contributed by atoms with Crippen LogP contribution < -0.4 is 10.2 Å². The Hall–Kier alpha value is -1.02. The van der Waals surface area contributed by atoms with Crippen molar-refractivity contribution in [1.29, 1.82) is 0 Å². The van der Waals surface area contributed by atoms with Crippen LogP contribution in [0.2, 0.25) is 0 Å². The molecule has 1 aliphatic rings. The summed E-state index contributed by atoms with van der Waals surface area (Å²) in [4.78, 5) is 2.38. The second-order valence-corrected chi connectivity index (χ2v) is 5.78. The second kappa shape index (κ2) is 5.09. The van der Waals surface area contributed by atoms with Crippen LogP contribution in [-0.2, 0) is 0 Å². The van der Waals surface area contributed by atoms with Gasteiger partial charge >= 0.3 is 0 Å². The van der Waals surface area contributed by atoms with Crippen molar-refractivity contribution >= 4 is 5.69 Å². The molecule has 1 aliphatic heterocycles. The molecule has 1 aromatic carbocycles. The number of aryl methyl sites for hydroxylation is 1. The molecule has 17 heavy (non-hydrogen) atoms. The maximum Gasteiger partial charge on any atom is 0.0363 e. The Morgan fingerprint density at radius 3 is 2.59 bits per heavy atom. The van der Waals surface area contributed by atoms with Gasteiger partial charge < -0.3 is 10.2 Å². The molecule has 1 atom stereocenters. The minimum absolute atomic E-state index is 0.415. The molecule has 1 N–H and O–H groups in total. The van der Waals surface area contributed by atoms with Gasteiger partial charge in [-0.3, -0.25) is 0 Å². The van der Waals surface area contributed by atoms with Crippen LogP contribution >= 0.6 is 0 Å². The molecule has 1 unspecified atom stereocenters. The fourth-order valence-electron chi connectivity index (χ4n) is 2.72. The molecule has 0 saturated carbocycles. The van der Waals surface area contributed by atoms with Crippen LogP contribution in [0.5, 0.6) is 0 Å². The average Bonchev–Trinajstić information content (AvgIpc) is 2.30. The predicted molar refractivity (Wildman–Crippen MR) is 74.7 cm³/mol. The van der Waals surface area contributed by atoms with Crippen molar-refractivity contribution in [2.75, 3.05) is 31.6 Å². The van der Waals surface area contributed by atoms with Crippen LogP contribution in [0.25, 0.3) is 0 Å². The van der Waals surface area contributed by atoms with Crippen molar-refractivity contribution in [2.45, 2.75) is 26.7 Å². The van der Waals surface area contributed by atoms with Crippen LogP contribution in [0.1, 0.15) is 25.3 Å². The molecule has 0 spiro atoms. The molecule has 2 nitrogen and oxygen atoms in total. The molecule has 1 saturated heterocycles. The molecular weight excluding hydrogens is 208 g/mol. The van der Waals surface area contributed by atoms with Gasteiger partial charge in [0, 0.05) is 25.8 Å². The average molecular weight is 232 g/mol. The van der Waals surface area contributed by atoms with E-state index in [1.807, 2.05) is 0 Å². The number of nitrogens with zero attached hydrogens (tertiary/aromatic N) is 1. The highest BCUT2D eigenvalue weighted by Crippen LogP contribution is 2.28. The predicted octanol–water partition coefficient (Wildman–Crippen LogP) is 2.82. The van der Waals surface area contributed by atoms with Gasteiger partial charge in [-0.25, -0.2) is 0 Å². The van der Waals surface area contributed by atoms with E-state index in [1.54, 1.807) is 0 Å². The second-order valence-electron chi connectivity index (χ2n) is 5.78. The van der Waals surface area contributed by atoms with Gasteiger partial charge in [-0.15, -0.1) is 0 Å². The van der Waals surface area contributed by atoms with Crippen molar-refractivity contribution in [3.63, 3.8) is 0 Å². The lowest BCUT2D eigenvalue weighted by atomic mass is 9.82. The minimum Gasteiger partial charge on any atom is -0.374 e. The molecular formula is C15H24N2. The molecule has 1 heterocycles. The monoisotopic (exact) mass is 232 g/mol. The van der Waals surface area contributed by atoms with Gasteiger partial charge in [0.1, 0.15) is 0 Å². The molecule has 0 aromatic heterocycles. The van der Waals surface area contributed by atoms with E-state index in [-0.39, 0.29) is 0 Å². The summed E-state index contributed by atoms with van der Waals surface area (Å²) in [5.74, 6) is 0. The standard InChI is InChI=1S/C15H24N2/c1-13-5-7-14(8-6-13)17(3)12-15(2)9-4-10-16-11-15/h5-8,16H,4,9-12H2,1-3H3. The zero-order valence-corrected chi connectivity index (χ0v) is 11.3. The van der Waals surface area contributed by atoms with Crippen molar-refractivity contribution in [2.24, 2.45) is 5.41 Å².